The Morgan fingerprint density at radius 1 is 1.20 bits per heavy atom. The third kappa shape index (κ3) is 3.97. The number of thioether (sulfide) groups is 1. The van der Waals surface area contributed by atoms with Gasteiger partial charge in [0, 0.05) is 23.7 Å². The predicted molar refractivity (Wildman–Crippen MR) is 86.4 cm³/mol. The first-order chi connectivity index (χ1) is 9.58. The first-order valence-corrected chi connectivity index (χ1v) is 7.82. The van der Waals surface area contributed by atoms with E-state index in [1.807, 2.05) is 13.1 Å². The van der Waals surface area contributed by atoms with E-state index in [0.717, 1.165) is 23.1 Å². The summed E-state index contributed by atoms with van der Waals surface area (Å²) in [5.41, 5.74) is 2.37. The predicted octanol–water partition coefficient (Wildman–Crippen LogP) is 4.24. The molecule has 0 fully saturated rings. The number of anilines is 1. The Kier molecular flexibility index (Phi) is 5.01. The lowest BCUT2D eigenvalue weighted by atomic mass is 10.1. The van der Waals surface area contributed by atoms with Gasteiger partial charge in [0.15, 0.2) is 0 Å². The van der Waals surface area contributed by atoms with Crippen LogP contribution in [0.25, 0.3) is 0 Å². The van der Waals surface area contributed by atoms with Gasteiger partial charge in [0.1, 0.15) is 11.6 Å². The molecule has 0 unspecified atom stereocenters. The van der Waals surface area contributed by atoms with Gasteiger partial charge in [0.2, 0.25) is 0 Å². The van der Waals surface area contributed by atoms with Gasteiger partial charge in [-0.3, -0.25) is 0 Å². The number of hydrogen-bond donors (Lipinski definition) is 1. The molecule has 3 nitrogen and oxygen atoms in total. The van der Waals surface area contributed by atoms with E-state index in [9.17, 15) is 0 Å². The topological polar surface area (TPSA) is 37.8 Å². The molecule has 0 aliphatic carbocycles. The minimum absolute atomic E-state index is 0.410. The van der Waals surface area contributed by atoms with E-state index in [2.05, 4.69) is 60.3 Å². The molecular weight excluding hydrogens is 266 g/mol. The van der Waals surface area contributed by atoms with Crippen molar-refractivity contribution in [2.45, 2.75) is 37.3 Å². The van der Waals surface area contributed by atoms with E-state index in [-0.39, 0.29) is 0 Å². The Labute approximate surface area is 125 Å². The molecule has 0 aliphatic rings. The molecule has 1 aromatic carbocycles. The van der Waals surface area contributed by atoms with E-state index in [1.165, 1.54) is 10.5 Å². The Bertz CT molecular complexity index is 582. The van der Waals surface area contributed by atoms with Crippen molar-refractivity contribution in [2.24, 2.45) is 0 Å². The van der Waals surface area contributed by atoms with Gasteiger partial charge >= 0.3 is 0 Å². The number of nitrogens with zero attached hydrogens (tertiary/aromatic N) is 2. The Balaban J connectivity index is 2.14. The van der Waals surface area contributed by atoms with E-state index in [1.54, 1.807) is 11.8 Å². The van der Waals surface area contributed by atoms with Crippen molar-refractivity contribution in [3.05, 3.63) is 47.4 Å². The number of aromatic nitrogens is 2. The third-order valence-electron chi connectivity index (χ3n) is 3.00. The monoisotopic (exact) mass is 287 g/mol. The third-order valence-corrected chi connectivity index (χ3v) is 3.99. The summed E-state index contributed by atoms with van der Waals surface area (Å²) in [5.74, 6) is 2.97. The van der Waals surface area contributed by atoms with Crippen LogP contribution in [-0.2, 0) is 5.75 Å². The van der Waals surface area contributed by atoms with Crippen LogP contribution in [0.1, 0.15) is 36.8 Å². The standard InChI is InChI=1S/C16H21N3S/c1-11(2)14-9-15(17-4)19-16(18-14)10-20-13-7-5-6-12(3)8-13/h5-9,11H,10H2,1-4H3,(H,17,18,19). The average Bonchev–Trinajstić information content (AvgIpc) is 2.45. The van der Waals surface area contributed by atoms with Crippen LogP contribution in [0.2, 0.25) is 0 Å². The summed E-state index contributed by atoms with van der Waals surface area (Å²) in [6.45, 7) is 6.41. The molecule has 1 heterocycles. The van der Waals surface area contributed by atoms with Gasteiger partial charge in [-0.1, -0.05) is 31.5 Å². The molecule has 1 N–H and O–H groups in total. The Hall–Kier alpha value is -1.55. The van der Waals surface area contributed by atoms with Crippen molar-refractivity contribution < 1.29 is 0 Å². The van der Waals surface area contributed by atoms with Crippen LogP contribution in [0.4, 0.5) is 5.82 Å². The van der Waals surface area contributed by atoms with E-state index >= 15 is 0 Å². The molecule has 0 bridgehead atoms. The second-order valence-electron chi connectivity index (χ2n) is 5.10. The number of aryl methyl sites for hydroxylation is 1. The molecule has 20 heavy (non-hydrogen) atoms. The van der Waals surface area contributed by atoms with Crippen LogP contribution in [-0.4, -0.2) is 17.0 Å². The second kappa shape index (κ2) is 6.75. The minimum Gasteiger partial charge on any atom is -0.373 e. The summed E-state index contributed by atoms with van der Waals surface area (Å²) in [6, 6.07) is 10.5. The Morgan fingerprint density at radius 3 is 2.65 bits per heavy atom. The molecule has 0 atom stereocenters. The van der Waals surface area contributed by atoms with Crippen molar-refractivity contribution in [1.29, 1.82) is 0 Å². The zero-order valence-electron chi connectivity index (χ0n) is 12.5. The van der Waals surface area contributed by atoms with Crippen LogP contribution in [0.15, 0.2) is 35.2 Å². The van der Waals surface area contributed by atoms with Crippen LogP contribution >= 0.6 is 11.8 Å². The minimum atomic E-state index is 0.410. The maximum absolute atomic E-state index is 4.65. The first-order valence-electron chi connectivity index (χ1n) is 6.83. The molecule has 106 valence electrons. The molecule has 0 saturated carbocycles. The van der Waals surface area contributed by atoms with E-state index in [4.69, 9.17) is 0 Å². The molecule has 0 amide bonds. The second-order valence-corrected chi connectivity index (χ2v) is 6.15. The van der Waals surface area contributed by atoms with E-state index < -0.39 is 0 Å². The molecule has 0 aliphatic heterocycles. The lowest BCUT2D eigenvalue weighted by molar-refractivity contribution is 0.800. The normalized spacial score (nSPS) is 10.8. The van der Waals surface area contributed by atoms with Gasteiger partial charge in [-0.25, -0.2) is 9.97 Å². The van der Waals surface area contributed by atoms with Gasteiger partial charge in [0.25, 0.3) is 0 Å². The molecular formula is C16H21N3S. The summed E-state index contributed by atoms with van der Waals surface area (Å²) in [5, 5.41) is 3.11. The first kappa shape index (κ1) is 14.9. The summed E-state index contributed by atoms with van der Waals surface area (Å²) >= 11 is 1.77. The smallest absolute Gasteiger partial charge is 0.141 e. The molecule has 0 spiro atoms. The van der Waals surface area contributed by atoms with Crippen LogP contribution in [0.5, 0.6) is 0 Å². The van der Waals surface area contributed by atoms with Crippen molar-refractivity contribution >= 4 is 17.6 Å². The fourth-order valence-electron chi connectivity index (χ4n) is 1.86. The van der Waals surface area contributed by atoms with Gasteiger partial charge in [-0.05, 0) is 25.0 Å². The van der Waals surface area contributed by atoms with Crippen molar-refractivity contribution in [1.82, 2.24) is 9.97 Å². The fourth-order valence-corrected chi connectivity index (χ4v) is 2.73. The molecule has 4 heteroatoms. The summed E-state index contributed by atoms with van der Waals surface area (Å²) in [6.07, 6.45) is 0. The highest BCUT2D eigenvalue weighted by Gasteiger charge is 2.07. The summed E-state index contributed by atoms with van der Waals surface area (Å²) in [4.78, 5) is 10.4. The molecule has 2 rings (SSSR count). The number of nitrogens with one attached hydrogen (secondary N) is 1. The summed E-state index contributed by atoms with van der Waals surface area (Å²) < 4.78 is 0. The maximum Gasteiger partial charge on any atom is 0.141 e. The number of benzene rings is 1. The van der Waals surface area contributed by atoms with Crippen molar-refractivity contribution in [2.75, 3.05) is 12.4 Å². The lowest BCUT2D eigenvalue weighted by Crippen LogP contribution is -2.04. The zero-order valence-corrected chi connectivity index (χ0v) is 13.3. The average molecular weight is 287 g/mol. The van der Waals surface area contributed by atoms with Crippen molar-refractivity contribution in [3.8, 4) is 0 Å². The van der Waals surface area contributed by atoms with Gasteiger partial charge < -0.3 is 5.32 Å². The maximum atomic E-state index is 4.65. The van der Waals surface area contributed by atoms with Crippen LogP contribution in [0.3, 0.4) is 0 Å². The molecule has 0 saturated heterocycles. The SMILES string of the molecule is CNc1cc(C(C)C)nc(CSc2cccc(C)c2)n1. The van der Waals surface area contributed by atoms with Crippen LogP contribution < -0.4 is 5.32 Å². The fraction of sp³-hybridized carbons (Fsp3) is 0.375. The zero-order chi connectivity index (χ0) is 14.5. The lowest BCUT2D eigenvalue weighted by Gasteiger charge is -2.10. The molecule has 2 aromatic rings. The van der Waals surface area contributed by atoms with E-state index in [0.29, 0.717) is 5.92 Å². The van der Waals surface area contributed by atoms with Gasteiger partial charge in [-0.2, -0.15) is 0 Å². The number of hydrogen-bond acceptors (Lipinski definition) is 4. The van der Waals surface area contributed by atoms with Crippen molar-refractivity contribution in [3.63, 3.8) is 0 Å². The molecule has 1 aromatic heterocycles. The Morgan fingerprint density at radius 2 is 2.00 bits per heavy atom. The molecule has 0 radical (unpaired) electrons. The highest BCUT2D eigenvalue weighted by atomic mass is 32.2. The number of rotatable bonds is 5. The highest BCUT2D eigenvalue weighted by Crippen LogP contribution is 2.24. The quantitative estimate of drug-likeness (QED) is 0.835. The van der Waals surface area contributed by atoms with Gasteiger partial charge in [0.05, 0.1) is 5.75 Å². The van der Waals surface area contributed by atoms with Gasteiger partial charge in [-0.15, -0.1) is 11.8 Å². The largest absolute Gasteiger partial charge is 0.373 e. The van der Waals surface area contributed by atoms with Crippen LogP contribution in [0, 0.1) is 6.92 Å². The highest BCUT2D eigenvalue weighted by molar-refractivity contribution is 7.98. The summed E-state index contributed by atoms with van der Waals surface area (Å²) in [7, 11) is 1.89.